The van der Waals surface area contributed by atoms with Crippen LogP contribution in [0.5, 0.6) is 0 Å². The van der Waals surface area contributed by atoms with Crippen molar-refractivity contribution < 1.29 is 18.0 Å². The number of amides is 2. The van der Waals surface area contributed by atoms with Gasteiger partial charge < -0.3 is 15.6 Å². The van der Waals surface area contributed by atoms with Gasteiger partial charge in [0.15, 0.2) is 0 Å². The lowest BCUT2D eigenvalue weighted by Crippen LogP contribution is -2.53. The fourth-order valence-corrected chi connectivity index (χ4v) is 3.98. The van der Waals surface area contributed by atoms with E-state index in [1.165, 1.54) is 7.05 Å². The van der Waals surface area contributed by atoms with E-state index in [1.54, 1.807) is 6.20 Å². The predicted octanol–water partition coefficient (Wildman–Crippen LogP) is 1.12. The summed E-state index contributed by atoms with van der Waals surface area (Å²) in [5, 5.41) is 6.17. The first-order valence-corrected chi connectivity index (χ1v) is 11.5. The zero-order valence-corrected chi connectivity index (χ0v) is 17.7. The molecule has 2 unspecified atom stereocenters. The molecule has 8 nitrogen and oxygen atoms in total. The maximum atomic E-state index is 12.7. The largest absolute Gasteiger partial charge is 0.361 e. The summed E-state index contributed by atoms with van der Waals surface area (Å²) >= 11 is 3.47. The summed E-state index contributed by atoms with van der Waals surface area (Å²) in [6.45, 7) is 3.74. The molecule has 4 N–H and O–H groups in total. The van der Waals surface area contributed by atoms with Crippen LogP contribution in [0.25, 0.3) is 10.9 Å². The molecule has 10 heteroatoms. The number of aromatic amines is 1. The Labute approximate surface area is 169 Å². The van der Waals surface area contributed by atoms with E-state index in [0.29, 0.717) is 0 Å². The van der Waals surface area contributed by atoms with Crippen LogP contribution in [0.15, 0.2) is 30.5 Å². The highest BCUT2D eigenvalue weighted by molar-refractivity contribution is 8.62. The summed E-state index contributed by atoms with van der Waals surface area (Å²) in [6, 6.07) is 5.79. The summed E-state index contributed by atoms with van der Waals surface area (Å²) in [7, 11) is -2.39. The number of H-pyrrole nitrogens is 1. The third kappa shape index (κ3) is 6.25. The van der Waals surface area contributed by atoms with E-state index < -0.39 is 27.0 Å². The van der Waals surface area contributed by atoms with Gasteiger partial charge in [-0.2, -0.15) is 4.72 Å². The van der Waals surface area contributed by atoms with Crippen molar-refractivity contribution in [3.8, 4) is 0 Å². The second-order valence-electron chi connectivity index (χ2n) is 7.01. The highest BCUT2D eigenvalue weighted by atomic mass is 33.1. The van der Waals surface area contributed by atoms with Crippen molar-refractivity contribution in [2.45, 2.75) is 38.8 Å². The van der Waals surface area contributed by atoms with Crippen molar-refractivity contribution in [1.82, 2.24) is 20.3 Å². The van der Waals surface area contributed by atoms with E-state index in [-0.39, 0.29) is 24.7 Å². The van der Waals surface area contributed by atoms with Gasteiger partial charge >= 0.3 is 0 Å². The average molecular weight is 427 g/mol. The summed E-state index contributed by atoms with van der Waals surface area (Å²) < 4.78 is 25.2. The van der Waals surface area contributed by atoms with Crippen molar-refractivity contribution in [3.63, 3.8) is 0 Å². The Kier molecular flexibility index (Phi) is 7.50. The van der Waals surface area contributed by atoms with Crippen LogP contribution < -0.4 is 15.4 Å². The average Bonchev–Trinajstić information content (AvgIpc) is 3.01. The Bertz CT molecular complexity index is 940. The van der Waals surface area contributed by atoms with Gasteiger partial charge in [-0.25, -0.2) is 8.42 Å². The van der Waals surface area contributed by atoms with E-state index in [9.17, 15) is 18.0 Å². The van der Waals surface area contributed by atoms with Crippen LogP contribution in [-0.2, 0) is 25.1 Å². The van der Waals surface area contributed by atoms with Crippen LogP contribution in [0, 0.1) is 5.92 Å². The van der Waals surface area contributed by atoms with Gasteiger partial charge in [0.05, 0.1) is 0 Å². The van der Waals surface area contributed by atoms with Gasteiger partial charge in [0.25, 0.3) is 9.06 Å². The highest BCUT2D eigenvalue weighted by Gasteiger charge is 2.28. The molecule has 2 amide bonds. The minimum Gasteiger partial charge on any atom is -0.361 e. The molecule has 28 heavy (non-hydrogen) atoms. The van der Waals surface area contributed by atoms with Gasteiger partial charge in [-0.3, -0.25) is 9.59 Å². The Morgan fingerprint density at radius 2 is 1.82 bits per heavy atom. The minimum atomic E-state index is -3.88. The Morgan fingerprint density at radius 3 is 2.43 bits per heavy atom. The molecule has 2 aromatic rings. The number of para-hydroxylation sites is 1. The molecule has 154 valence electrons. The third-order valence-corrected chi connectivity index (χ3v) is 5.19. The molecule has 0 aliphatic carbocycles. The van der Waals surface area contributed by atoms with E-state index in [2.05, 4.69) is 32.0 Å². The Hall–Kier alpha value is -2.04. The first-order valence-electron chi connectivity index (χ1n) is 8.92. The zero-order chi connectivity index (χ0) is 20.9. The number of benzene rings is 1. The van der Waals surface area contributed by atoms with E-state index in [0.717, 1.165) is 16.5 Å². The standard InChI is InChI=1S/C18H26N4O4S2/c1-11(2)8-16(22-28(25,26)27)18(24)21-15(17(23)19-3)9-12-10-20-14-7-5-4-6-13(12)14/h4-7,10-11,15-16,20,22H,8-9H2,1-3H3,(H,19,23)(H,21,24)(H,25,26,27). The fraction of sp³-hybridized carbons (Fsp3) is 0.444. The fourth-order valence-electron chi connectivity index (χ4n) is 3.04. The molecular formula is C18H26N4O4S2. The maximum Gasteiger partial charge on any atom is 0.262 e. The molecule has 1 heterocycles. The molecular weight excluding hydrogens is 400 g/mol. The number of likely N-dealkylation sites (N-methyl/N-ethyl adjacent to an activating group) is 1. The summed E-state index contributed by atoms with van der Waals surface area (Å²) in [5.74, 6) is -0.874. The minimum absolute atomic E-state index is 0.0606. The van der Waals surface area contributed by atoms with Crippen LogP contribution in [-0.4, -0.2) is 44.3 Å². The molecule has 0 spiro atoms. The van der Waals surface area contributed by atoms with Crippen LogP contribution in [0.2, 0.25) is 0 Å². The Morgan fingerprint density at radius 1 is 1.14 bits per heavy atom. The second-order valence-corrected chi connectivity index (χ2v) is 9.64. The van der Waals surface area contributed by atoms with Gasteiger partial charge in [-0.1, -0.05) is 32.0 Å². The third-order valence-electron chi connectivity index (χ3n) is 4.29. The lowest BCUT2D eigenvalue weighted by Gasteiger charge is -2.23. The summed E-state index contributed by atoms with van der Waals surface area (Å²) in [4.78, 5) is 28.2. The molecule has 0 fully saturated rings. The first kappa shape index (κ1) is 22.3. The number of aromatic nitrogens is 1. The second kappa shape index (κ2) is 9.44. The molecule has 0 aliphatic heterocycles. The summed E-state index contributed by atoms with van der Waals surface area (Å²) in [5.41, 5.74) is 1.81. The van der Waals surface area contributed by atoms with Crippen LogP contribution in [0.4, 0.5) is 0 Å². The van der Waals surface area contributed by atoms with Crippen LogP contribution in [0.1, 0.15) is 25.8 Å². The molecule has 0 aliphatic rings. The number of nitrogens with one attached hydrogen (secondary N) is 4. The number of carbonyl (C=O) groups excluding carboxylic acids is 2. The molecule has 2 atom stereocenters. The molecule has 0 bridgehead atoms. The zero-order valence-electron chi connectivity index (χ0n) is 16.0. The monoisotopic (exact) mass is 426 g/mol. The van der Waals surface area contributed by atoms with Crippen molar-refractivity contribution in [2.75, 3.05) is 7.05 Å². The normalized spacial score (nSPS) is 14.0. The number of hydrogen-bond acceptors (Lipinski definition) is 4. The van der Waals surface area contributed by atoms with E-state index >= 15 is 0 Å². The lowest BCUT2D eigenvalue weighted by atomic mass is 10.0. The van der Waals surface area contributed by atoms with E-state index in [4.69, 9.17) is 0 Å². The van der Waals surface area contributed by atoms with Crippen molar-refractivity contribution in [2.24, 2.45) is 5.92 Å². The predicted molar refractivity (Wildman–Crippen MR) is 112 cm³/mol. The number of carbonyl (C=O) groups is 2. The quantitative estimate of drug-likeness (QED) is 0.305. The van der Waals surface area contributed by atoms with Crippen LogP contribution >= 0.6 is 11.7 Å². The molecule has 1 aromatic carbocycles. The SMILES string of the molecule is CNC(=O)C(Cc1c[nH]c2ccccc12)NC(=O)C(CC(C)C)NS(=O)(=O)S. The number of thiol groups is 1. The Balaban J connectivity index is 2.22. The van der Waals surface area contributed by atoms with Crippen LogP contribution in [0.3, 0.4) is 0 Å². The molecule has 2 rings (SSSR count). The molecule has 0 saturated heterocycles. The first-order chi connectivity index (χ1) is 13.1. The van der Waals surface area contributed by atoms with Gasteiger partial charge in [0, 0.05) is 30.6 Å². The smallest absolute Gasteiger partial charge is 0.262 e. The lowest BCUT2D eigenvalue weighted by molar-refractivity contribution is -0.129. The summed E-state index contributed by atoms with van der Waals surface area (Å²) in [6.07, 6.45) is 2.34. The topological polar surface area (TPSA) is 120 Å². The maximum absolute atomic E-state index is 12.7. The van der Waals surface area contributed by atoms with Crippen molar-refractivity contribution in [3.05, 3.63) is 36.0 Å². The number of hydrogen-bond donors (Lipinski definition) is 5. The van der Waals surface area contributed by atoms with Crippen molar-refractivity contribution in [1.29, 1.82) is 0 Å². The number of fused-ring (bicyclic) bond motifs is 1. The van der Waals surface area contributed by atoms with Gasteiger partial charge in [-0.15, -0.1) is 0 Å². The molecule has 0 saturated carbocycles. The molecule has 0 radical (unpaired) electrons. The van der Waals surface area contributed by atoms with Gasteiger partial charge in [0.2, 0.25) is 11.8 Å². The van der Waals surface area contributed by atoms with Crippen molar-refractivity contribution >= 4 is 43.4 Å². The number of rotatable bonds is 9. The van der Waals surface area contributed by atoms with Gasteiger partial charge in [-0.05, 0) is 35.6 Å². The highest BCUT2D eigenvalue weighted by Crippen LogP contribution is 2.19. The van der Waals surface area contributed by atoms with E-state index in [1.807, 2.05) is 38.1 Å². The van der Waals surface area contributed by atoms with Gasteiger partial charge in [0.1, 0.15) is 12.1 Å². The molecule has 1 aromatic heterocycles.